The molecule has 21 heavy (non-hydrogen) atoms. The van der Waals surface area contributed by atoms with Crippen LogP contribution in [-0.2, 0) is 14.9 Å². The molecule has 0 spiro atoms. The van der Waals surface area contributed by atoms with Gasteiger partial charge in [0.05, 0.1) is 4.92 Å². The van der Waals surface area contributed by atoms with Gasteiger partial charge in [-0.3, -0.25) is 10.1 Å². The number of halogens is 3. The SMILES string of the molecule is COC(O[Si](C)(C)C)(c1ccc([N+](=O)[O-])cc1)C(F)(F)F. The first kappa shape index (κ1) is 17.6. The molecule has 118 valence electrons. The van der Waals surface area contributed by atoms with Crippen molar-refractivity contribution >= 4 is 14.0 Å². The molecule has 1 atom stereocenters. The highest BCUT2D eigenvalue weighted by Gasteiger charge is 2.60. The highest BCUT2D eigenvalue weighted by atomic mass is 28.4. The van der Waals surface area contributed by atoms with Gasteiger partial charge in [-0.15, -0.1) is 0 Å². The van der Waals surface area contributed by atoms with E-state index in [2.05, 4.69) is 4.74 Å². The van der Waals surface area contributed by atoms with Crippen molar-refractivity contribution in [3.63, 3.8) is 0 Å². The Balaban J connectivity index is 3.39. The van der Waals surface area contributed by atoms with Crippen molar-refractivity contribution in [3.8, 4) is 0 Å². The summed E-state index contributed by atoms with van der Waals surface area (Å²) in [6.07, 6.45) is -4.82. The molecule has 0 aliphatic rings. The summed E-state index contributed by atoms with van der Waals surface area (Å²) >= 11 is 0. The van der Waals surface area contributed by atoms with E-state index in [-0.39, 0.29) is 11.3 Å². The van der Waals surface area contributed by atoms with Crippen LogP contribution in [-0.4, -0.2) is 26.5 Å². The van der Waals surface area contributed by atoms with Crippen LogP contribution in [0.3, 0.4) is 0 Å². The first-order chi connectivity index (χ1) is 9.43. The Morgan fingerprint density at radius 1 is 1.14 bits per heavy atom. The van der Waals surface area contributed by atoms with Crippen LogP contribution in [0.15, 0.2) is 24.3 Å². The molecule has 0 heterocycles. The predicted octanol–water partition coefficient (Wildman–Crippen LogP) is 3.81. The lowest BCUT2D eigenvalue weighted by atomic mass is 10.1. The Kier molecular flexibility index (Phi) is 4.81. The number of methoxy groups -OCH3 is 1. The summed E-state index contributed by atoms with van der Waals surface area (Å²) in [6, 6.07) is 3.97. The van der Waals surface area contributed by atoms with Gasteiger partial charge >= 0.3 is 6.18 Å². The molecule has 1 unspecified atom stereocenters. The van der Waals surface area contributed by atoms with E-state index < -0.39 is 25.2 Å². The molecular weight excluding hydrogens is 307 g/mol. The van der Waals surface area contributed by atoms with Crippen LogP contribution in [0.1, 0.15) is 5.56 Å². The van der Waals surface area contributed by atoms with Crippen LogP contribution in [0.25, 0.3) is 0 Å². The third-order valence-corrected chi connectivity index (χ3v) is 3.47. The van der Waals surface area contributed by atoms with Gasteiger partial charge in [-0.1, -0.05) is 0 Å². The topological polar surface area (TPSA) is 61.6 Å². The highest BCUT2D eigenvalue weighted by molar-refractivity contribution is 6.69. The molecule has 9 heteroatoms. The average molecular weight is 323 g/mol. The number of ether oxygens (including phenoxy) is 1. The second-order valence-corrected chi connectivity index (χ2v) is 9.77. The van der Waals surface area contributed by atoms with Crippen molar-refractivity contribution in [2.24, 2.45) is 0 Å². The van der Waals surface area contributed by atoms with Gasteiger partial charge in [0.25, 0.3) is 11.5 Å². The van der Waals surface area contributed by atoms with Gasteiger partial charge in [0.2, 0.25) is 0 Å². The standard InChI is InChI=1S/C12H16F3NO4Si/c1-19-11(12(13,14)15,20-21(2,3)4)9-5-7-10(8-6-9)16(17)18/h5-8H,1-4H3. The third kappa shape index (κ3) is 3.80. The summed E-state index contributed by atoms with van der Waals surface area (Å²) in [5.74, 6) is -2.92. The van der Waals surface area contributed by atoms with Crippen molar-refractivity contribution in [2.75, 3.05) is 7.11 Å². The number of nitro benzene ring substituents is 1. The summed E-state index contributed by atoms with van der Waals surface area (Å²) in [5.41, 5.74) is -0.635. The van der Waals surface area contributed by atoms with E-state index in [4.69, 9.17) is 4.43 Å². The molecule has 0 N–H and O–H groups in total. The van der Waals surface area contributed by atoms with Gasteiger partial charge in [-0.05, 0) is 31.8 Å². The van der Waals surface area contributed by atoms with E-state index in [1.54, 1.807) is 19.6 Å². The number of hydrogen-bond acceptors (Lipinski definition) is 4. The number of nitro groups is 1. The number of benzene rings is 1. The Labute approximate surface area is 121 Å². The zero-order valence-corrected chi connectivity index (χ0v) is 13.0. The molecule has 1 aromatic carbocycles. The minimum absolute atomic E-state index is 0.307. The van der Waals surface area contributed by atoms with E-state index in [1.807, 2.05) is 0 Å². The van der Waals surface area contributed by atoms with Crippen molar-refractivity contribution in [2.45, 2.75) is 31.6 Å². The van der Waals surface area contributed by atoms with Crippen molar-refractivity contribution in [3.05, 3.63) is 39.9 Å². The molecule has 0 amide bonds. The van der Waals surface area contributed by atoms with Gasteiger partial charge in [0, 0.05) is 24.8 Å². The van der Waals surface area contributed by atoms with Crippen LogP contribution < -0.4 is 0 Å². The maximum atomic E-state index is 13.5. The molecule has 1 aromatic rings. The van der Waals surface area contributed by atoms with Crippen LogP contribution in [0, 0.1) is 10.1 Å². The van der Waals surface area contributed by atoms with Crippen molar-refractivity contribution in [1.29, 1.82) is 0 Å². The fraction of sp³-hybridized carbons (Fsp3) is 0.500. The minimum atomic E-state index is -4.82. The quantitative estimate of drug-likeness (QED) is 0.358. The molecule has 5 nitrogen and oxygen atoms in total. The third-order valence-electron chi connectivity index (χ3n) is 2.57. The zero-order valence-electron chi connectivity index (χ0n) is 12.0. The Morgan fingerprint density at radius 3 is 1.90 bits per heavy atom. The van der Waals surface area contributed by atoms with E-state index in [0.717, 1.165) is 31.4 Å². The molecule has 0 fully saturated rings. The van der Waals surface area contributed by atoms with Gasteiger partial charge in [-0.2, -0.15) is 13.2 Å². The summed E-state index contributed by atoms with van der Waals surface area (Å²) in [5, 5.41) is 10.6. The minimum Gasteiger partial charge on any atom is -0.380 e. The lowest BCUT2D eigenvalue weighted by Crippen LogP contribution is -2.52. The summed E-state index contributed by atoms with van der Waals surface area (Å²) < 4.78 is 50.4. The molecule has 0 saturated heterocycles. The molecule has 0 aliphatic carbocycles. The maximum absolute atomic E-state index is 13.5. The lowest BCUT2D eigenvalue weighted by molar-refractivity contribution is -0.385. The largest absolute Gasteiger partial charge is 0.447 e. The molecular formula is C12H16F3NO4Si. The number of non-ortho nitro benzene ring substituents is 1. The number of hydrogen-bond donors (Lipinski definition) is 0. The van der Waals surface area contributed by atoms with Crippen LogP contribution in [0.2, 0.25) is 19.6 Å². The molecule has 1 rings (SSSR count). The number of alkyl halides is 3. The Morgan fingerprint density at radius 2 is 1.62 bits per heavy atom. The Hall–Kier alpha value is -1.45. The smallest absolute Gasteiger partial charge is 0.380 e. The van der Waals surface area contributed by atoms with Gasteiger partial charge < -0.3 is 9.16 Å². The van der Waals surface area contributed by atoms with Crippen molar-refractivity contribution in [1.82, 2.24) is 0 Å². The molecule has 0 aliphatic heterocycles. The Bertz CT molecular complexity index is 513. The van der Waals surface area contributed by atoms with Crippen molar-refractivity contribution < 1.29 is 27.3 Å². The lowest BCUT2D eigenvalue weighted by Gasteiger charge is -2.39. The van der Waals surface area contributed by atoms with Crippen LogP contribution >= 0.6 is 0 Å². The maximum Gasteiger partial charge on any atom is 0.447 e. The molecule has 0 bridgehead atoms. The van der Waals surface area contributed by atoms with Crippen LogP contribution in [0.5, 0.6) is 0 Å². The van der Waals surface area contributed by atoms with E-state index in [9.17, 15) is 23.3 Å². The first-order valence-corrected chi connectivity index (χ1v) is 9.41. The second-order valence-electron chi connectivity index (χ2n) is 5.34. The van der Waals surface area contributed by atoms with Gasteiger partial charge in [0.15, 0.2) is 8.32 Å². The fourth-order valence-electron chi connectivity index (χ4n) is 1.79. The second kappa shape index (κ2) is 5.74. The first-order valence-electron chi connectivity index (χ1n) is 6.00. The fourth-order valence-corrected chi connectivity index (χ4v) is 2.97. The monoisotopic (exact) mass is 323 g/mol. The number of nitrogens with zero attached hydrogens (tertiary/aromatic N) is 1. The van der Waals surface area contributed by atoms with Gasteiger partial charge in [-0.25, -0.2) is 0 Å². The summed E-state index contributed by atoms with van der Waals surface area (Å²) in [6.45, 7) is 4.79. The van der Waals surface area contributed by atoms with E-state index >= 15 is 0 Å². The molecule has 0 radical (unpaired) electrons. The highest BCUT2D eigenvalue weighted by Crippen LogP contribution is 2.44. The molecule has 0 saturated carbocycles. The van der Waals surface area contributed by atoms with Gasteiger partial charge in [0.1, 0.15) is 0 Å². The number of rotatable bonds is 5. The van der Waals surface area contributed by atoms with E-state index in [0.29, 0.717) is 0 Å². The summed E-state index contributed by atoms with van der Waals surface area (Å²) in [7, 11) is -1.72. The van der Waals surface area contributed by atoms with Crippen LogP contribution in [0.4, 0.5) is 18.9 Å². The average Bonchev–Trinajstić information content (AvgIpc) is 2.33. The summed E-state index contributed by atoms with van der Waals surface area (Å²) in [4.78, 5) is 9.90. The zero-order chi connectivity index (χ0) is 16.5. The van der Waals surface area contributed by atoms with E-state index in [1.165, 1.54) is 0 Å². The predicted molar refractivity (Wildman–Crippen MR) is 72.3 cm³/mol. The normalized spacial score (nSPS) is 15.6. The molecule has 0 aromatic heterocycles.